The molecule has 0 saturated carbocycles. The van der Waals surface area contributed by atoms with Crippen molar-refractivity contribution in [2.75, 3.05) is 4.90 Å². The van der Waals surface area contributed by atoms with Crippen molar-refractivity contribution in [1.82, 2.24) is 0 Å². The van der Waals surface area contributed by atoms with Gasteiger partial charge in [0.25, 0.3) is 0 Å². The number of halogens is 3. The van der Waals surface area contributed by atoms with Crippen LogP contribution in [0, 0.1) is 0 Å². The maximum atomic E-state index is 13.0. The van der Waals surface area contributed by atoms with Crippen molar-refractivity contribution in [3.63, 3.8) is 0 Å². The third-order valence-corrected chi connectivity index (χ3v) is 9.99. The van der Waals surface area contributed by atoms with E-state index in [0.29, 0.717) is 14.5 Å². The number of fused-ring (bicyclic) bond motifs is 1. The Bertz CT molecular complexity index is 1310. The normalized spacial score (nSPS) is 13.7. The quantitative estimate of drug-likeness (QED) is 0.268. The van der Waals surface area contributed by atoms with E-state index < -0.39 is 23.6 Å². The molecule has 0 aliphatic carbocycles. The molecule has 5 rings (SSSR count). The zero-order valence-corrected chi connectivity index (χ0v) is 19.1. The van der Waals surface area contributed by atoms with E-state index in [1.807, 2.05) is 6.07 Å². The summed E-state index contributed by atoms with van der Waals surface area (Å²) < 4.78 is 42.3. The van der Waals surface area contributed by atoms with Gasteiger partial charge in [0.1, 0.15) is 0 Å². The van der Waals surface area contributed by atoms with E-state index in [1.54, 1.807) is 12.1 Å². The molecule has 1 aliphatic heterocycles. The number of carbonyl (C=O) groups is 2. The zero-order valence-electron chi connectivity index (χ0n) is 15.6. The third-order valence-electron chi connectivity index (χ3n) is 4.99. The second-order valence-electron chi connectivity index (χ2n) is 6.89. The first-order chi connectivity index (χ1) is 14.8. The molecule has 0 N–H and O–H groups in total. The molecule has 31 heavy (non-hydrogen) atoms. The van der Waals surface area contributed by atoms with Gasteiger partial charge in [-0.25, -0.2) is 0 Å². The van der Waals surface area contributed by atoms with Gasteiger partial charge in [-0.15, -0.1) is 0 Å². The Balaban J connectivity index is 1.47. The molecule has 0 unspecified atom stereocenters. The number of imide groups is 1. The molecule has 2 aromatic heterocycles. The van der Waals surface area contributed by atoms with Crippen LogP contribution in [0.5, 0.6) is 0 Å². The van der Waals surface area contributed by atoms with Crippen molar-refractivity contribution in [3.05, 3.63) is 88.4 Å². The van der Waals surface area contributed by atoms with Crippen molar-refractivity contribution in [2.45, 2.75) is 6.18 Å². The molecule has 1 aliphatic rings. The third kappa shape index (κ3) is 3.56. The van der Waals surface area contributed by atoms with E-state index >= 15 is 0 Å². The van der Waals surface area contributed by atoms with Crippen LogP contribution in [0.2, 0.25) is 0 Å². The fraction of sp³-hybridized carbons (Fsp3) is 0.0435. The molecule has 0 saturated heterocycles. The molecule has 0 radical (unpaired) electrons. The molecule has 154 valence electrons. The SMILES string of the molecule is O=C1c2ccc(-c3ccc(-c4ccc[se]4)[se]3)cc2C(=O)N1c1ccc(C(F)(F)F)cc1. The molecule has 8 heteroatoms. The van der Waals surface area contributed by atoms with Gasteiger partial charge < -0.3 is 0 Å². The number of nitrogens with zero attached hydrogens (tertiary/aromatic N) is 1. The summed E-state index contributed by atoms with van der Waals surface area (Å²) in [5.41, 5.74) is 0.719. The number of rotatable bonds is 3. The summed E-state index contributed by atoms with van der Waals surface area (Å²) in [7, 11) is 0. The molecule has 0 spiro atoms. The Hall–Kier alpha value is -2.63. The fourth-order valence-electron chi connectivity index (χ4n) is 3.47. The van der Waals surface area contributed by atoms with Crippen molar-refractivity contribution in [2.24, 2.45) is 0 Å². The van der Waals surface area contributed by atoms with Gasteiger partial charge in [-0.05, 0) is 0 Å². The molecule has 3 nitrogen and oxygen atoms in total. The molecule has 0 fully saturated rings. The van der Waals surface area contributed by atoms with Crippen LogP contribution < -0.4 is 4.90 Å². The average Bonchev–Trinajstić information content (AvgIpc) is 3.48. The monoisotopic (exact) mass is 551 g/mol. The average molecular weight is 549 g/mol. The van der Waals surface area contributed by atoms with Crippen molar-refractivity contribution in [1.29, 1.82) is 0 Å². The summed E-state index contributed by atoms with van der Waals surface area (Å²) >= 11 is 0.478. The summed E-state index contributed by atoms with van der Waals surface area (Å²) in [5, 5.41) is 0. The van der Waals surface area contributed by atoms with Crippen LogP contribution in [0.15, 0.2) is 71.7 Å². The van der Waals surface area contributed by atoms with Gasteiger partial charge >= 0.3 is 188 Å². The van der Waals surface area contributed by atoms with E-state index in [0.717, 1.165) is 39.2 Å². The summed E-state index contributed by atoms with van der Waals surface area (Å²) in [6.45, 7) is 0. The molecule has 0 atom stereocenters. The predicted octanol–water partition coefficient (Wildman–Crippen LogP) is 4.95. The number of carbonyl (C=O) groups excluding carboxylic acids is 2. The van der Waals surface area contributed by atoms with Gasteiger partial charge in [0.05, 0.1) is 0 Å². The first kappa shape index (κ1) is 20.3. The van der Waals surface area contributed by atoms with Gasteiger partial charge in [0.2, 0.25) is 0 Å². The number of anilines is 1. The van der Waals surface area contributed by atoms with Crippen molar-refractivity contribution >= 4 is 46.5 Å². The van der Waals surface area contributed by atoms with E-state index in [1.165, 1.54) is 8.87 Å². The second kappa shape index (κ2) is 7.50. The number of hydrogen-bond acceptors (Lipinski definition) is 2. The topological polar surface area (TPSA) is 37.4 Å². The Labute approximate surface area is 187 Å². The molecule has 2 amide bonds. The Morgan fingerprint density at radius 1 is 0.742 bits per heavy atom. The number of benzene rings is 2. The fourth-order valence-corrected chi connectivity index (χ4v) is 7.74. The predicted molar refractivity (Wildman–Crippen MR) is 114 cm³/mol. The van der Waals surface area contributed by atoms with E-state index in [-0.39, 0.29) is 31.3 Å². The molecule has 4 aromatic rings. The summed E-state index contributed by atoms with van der Waals surface area (Å²) in [4.78, 5) is 28.9. The molecular formula is C23H12F3NO2Se2. The van der Waals surface area contributed by atoms with Crippen LogP contribution in [-0.2, 0) is 6.18 Å². The number of hydrogen-bond donors (Lipinski definition) is 0. The number of amides is 2. The minimum absolute atomic E-state index is 0.118. The number of alkyl halides is 3. The van der Waals surface area contributed by atoms with Crippen LogP contribution >= 0.6 is 0 Å². The standard InChI is InChI=1S/C23H12F3NO2Se2/c24-23(25,26)14-4-6-15(7-5-14)27-21(28)16-8-3-13(12-17(16)22(27)29)18-9-10-20(31-18)19-2-1-11-30-19/h1-12H. The van der Waals surface area contributed by atoms with Crippen LogP contribution in [0.3, 0.4) is 0 Å². The molecule has 3 heterocycles. The van der Waals surface area contributed by atoms with Crippen molar-refractivity contribution < 1.29 is 22.8 Å². The summed E-state index contributed by atoms with van der Waals surface area (Å²) in [6, 6.07) is 17.6. The molecular weight excluding hydrogens is 537 g/mol. The van der Waals surface area contributed by atoms with Crippen LogP contribution in [0.1, 0.15) is 26.3 Å². The van der Waals surface area contributed by atoms with E-state index in [9.17, 15) is 22.8 Å². The van der Waals surface area contributed by atoms with Gasteiger partial charge in [-0.3, -0.25) is 0 Å². The van der Waals surface area contributed by atoms with Crippen LogP contribution in [0.4, 0.5) is 18.9 Å². The van der Waals surface area contributed by atoms with E-state index in [4.69, 9.17) is 0 Å². The van der Waals surface area contributed by atoms with E-state index in [2.05, 4.69) is 29.2 Å². The van der Waals surface area contributed by atoms with Crippen molar-refractivity contribution in [3.8, 4) is 18.9 Å². The first-order valence-corrected chi connectivity index (χ1v) is 12.7. The maximum absolute atomic E-state index is 13.0. The molecule has 0 bridgehead atoms. The van der Waals surface area contributed by atoms with Gasteiger partial charge in [-0.2, -0.15) is 0 Å². The van der Waals surface area contributed by atoms with Gasteiger partial charge in [0, 0.05) is 0 Å². The van der Waals surface area contributed by atoms with Gasteiger partial charge in [-0.1, -0.05) is 0 Å². The minimum atomic E-state index is -4.48. The summed E-state index contributed by atoms with van der Waals surface area (Å²) in [6.07, 6.45) is -4.48. The van der Waals surface area contributed by atoms with Crippen LogP contribution in [-0.4, -0.2) is 40.8 Å². The Morgan fingerprint density at radius 2 is 1.45 bits per heavy atom. The zero-order chi connectivity index (χ0) is 21.8. The summed E-state index contributed by atoms with van der Waals surface area (Å²) in [5.74, 6) is -1.05. The molecule has 2 aromatic carbocycles. The second-order valence-corrected chi connectivity index (χ2v) is 11.2. The van der Waals surface area contributed by atoms with Crippen LogP contribution in [0.25, 0.3) is 18.9 Å². The van der Waals surface area contributed by atoms with Gasteiger partial charge in [0.15, 0.2) is 0 Å². The first-order valence-electron chi connectivity index (χ1n) is 9.17. The Kier molecular flexibility index (Phi) is 4.91. The Morgan fingerprint density at radius 3 is 2.13 bits per heavy atom.